The molecule has 2 aliphatic carbocycles. The number of rotatable bonds is 7. The van der Waals surface area contributed by atoms with E-state index in [1.165, 1.54) is 5.56 Å². The summed E-state index contributed by atoms with van der Waals surface area (Å²) in [5, 5.41) is 8.69. The Labute approximate surface area is 201 Å². The van der Waals surface area contributed by atoms with Crippen LogP contribution in [0.1, 0.15) is 30.9 Å². The summed E-state index contributed by atoms with van der Waals surface area (Å²) in [7, 11) is 0. The van der Waals surface area contributed by atoms with Crippen molar-refractivity contribution in [3.8, 4) is 0 Å². The summed E-state index contributed by atoms with van der Waals surface area (Å²) in [4.78, 5) is 21.9. The van der Waals surface area contributed by atoms with Crippen molar-refractivity contribution in [2.45, 2.75) is 19.8 Å². The molecular formula is C26H29LiO5. The number of carboxylic acids is 1. The third-order valence-electron chi connectivity index (χ3n) is 5.26. The Hall–Kier alpha value is -2.58. The quantitative estimate of drug-likeness (QED) is 0.539. The molecule has 0 saturated heterocycles. The normalized spacial score (nSPS) is 22.7. The second-order valence-electron chi connectivity index (χ2n) is 7.64. The second-order valence-corrected chi connectivity index (χ2v) is 7.64. The molecule has 4 unspecified atom stereocenters. The molecule has 0 spiro atoms. The summed E-state index contributed by atoms with van der Waals surface area (Å²) in [5.74, 6) is -0.153. The summed E-state index contributed by atoms with van der Waals surface area (Å²) in [6.07, 6.45) is 9.89. The third kappa shape index (κ3) is 8.88. The number of benzene rings is 2. The minimum absolute atomic E-state index is 0. The predicted octanol–water partition coefficient (Wildman–Crippen LogP) is 2.15. The van der Waals surface area contributed by atoms with Crippen LogP contribution in [-0.2, 0) is 14.3 Å². The van der Waals surface area contributed by atoms with Crippen molar-refractivity contribution >= 4 is 24.1 Å². The fourth-order valence-electron chi connectivity index (χ4n) is 3.26. The molecule has 6 heteroatoms. The molecule has 4 rings (SSSR count). The molecule has 2 aromatic rings. The van der Waals surface area contributed by atoms with Crippen molar-refractivity contribution in [1.29, 1.82) is 0 Å². The van der Waals surface area contributed by atoms with E-state index >= 15 is 0 Å². The number of esters is 1. The van der Waals surface area contributed by atoms with Crippen LogP contribution in [0.15, 0.2) is 72.8 Å². The largest absolute Gasteiger partial charge is 1.00 e. The number of carbonyl (C=O) groups is 2. The molecule has 5 nitrogen and oxygen atoms in total. The van der Waals surface area contributed by atoms with Gasteiger partial charge in [-0.3, -0.25) is 9.59 Å². The van der Waals surface area contributed by atoms with E-state index in [4.69, 9.17) is 9.84 Å². The monoisotopic (exact) mass is 428 g/mol. The van der Waals surface area contributed by atoms with Gasteiger partial charge in [-0.1, -0.05) is 85.0 Å². The van der Waals surface area contributed by atoms with Crippen LogP contribution in [0.4, 0.5) is 0 Å². The van der Waals surface area contributed by atoms with Crippen LogP contribution in [0.3, 0.4) is 0 Å². The molecule has 2 aromatic carbocycles. The average Bonchev–Trinajstić information content (AvgIpc) is 3.68. The number of hydrogen-bond acceptors (Lipinski definition) is 4. The zero-order valence-corrected chi connectivity index (χ0v) is 18.6. The number of carbonyl (C=O) groups excluding carboxylic acids is 1. The van der Waals surface area contributed by atoms with Crippen LogP contribution in [-0.4, -0.2) is 29.1 Å². The van der Waals surface area contributed by atoms with Gasteiger partial charge in [-0.05, 0) is 42.7 Å². The van der Waals surface area contributed by atoms with E-state index in [-0.39, 0.29) is 48.1 Å². The van der Waals surface area contributed by atoms with Crippen molar-refractivity contribution in [2.75, 3.05) is 6.61 Å². The Morgan fingerprint density at radius 2 is 1.31 bits per heavy atom. The van der Waals surface area contributed by atoms with Gasteiger partial charge in [0.15, 0.2) is 0 Å². The van der Waals surface area contributed by atoms with Crippen LogP contribution in [0.5, 0.6) is 0 Å². The molecule has 0 bridgehead atoms. The Morgan fingerprint density at radius 3 is 1.72 bits per heavy atom. The maximum atomic E-state index is 11.4. The maximum absolute atomic E-state index is 11.4. The Bertz CT molecular complexity index is 895. The minimum Gasteiger partial charge on any atom is -0.870 e. The van der Waals surface area contributed by atoms with Crippen molar-refractivity contribution < 1.29 is 43.8 Å². The van der Waals surface area contributed by atoms with E-state index in [9.17, 15) is 9.59 Å². The summed E-state index contributed by atoms with van der Waals surface area (Å²) in [6.45, 7) is 2.32. The predicted molar refractivity (Wildman–Crippen MR) is 120 cm³/mol. The molecule has 0 heterocycles. The van der Waals surface area contributed by atoms with E-state index in [1.807, 2.05) is 67.6 Å². The topological polar surface area (TPSA) is 93.6 Å². The van der Waals surface area contributed by atoms with Gasteiger partial charge in [0.2, 0.25) is 0 Å². The van der Waals surface area contributed by atoms with Crippen LogP contribution in [0, 0.1) is 23.7 Å². The number of hydrogen-bond donors (Lipinski definition) is 1. The summed E-state index contributed by atoms with van der Waals surface area (Å²) >= 11 is 0. The van der Waals surface area contributed by atoms with Gasteiger partial charge in [-0.15, -0.1) is 0 Å². The summed E-state index contributed by atoms with van der Waals surface area (Å²) in [6, 6.07) is 20.1. The van der Waals surface area contributed by atoms with Crippen LogP contribution in [0.2, 0.25) is 0 Å². The van der Waals surface area contributed by atoms with Gasteiger partial charge in [0.1, 0.15) is 0 Å². The second kappa shape index (κ2) is 13.7. The first kappa shape index (κ1) is 27.5. The van der Waals surface area contributed by atoms with E-state index in [1.54, 1.807) is 0 Å². The van der Waals surface area contributed by atoms with Crippen LogP contribution >= 0.6 is 0 Å². The van der Waals surface area contributed by atoms with Gasteiger partial charge < -0.3 is 15.3 Å². The molecule has 0 aliphatic heterocycles. The Balaban J connectivity index is 0.000000303. The summed E-state index contributed by atoms with van der Waals surface area (Å²) in [5.41, 5.74) is 2.31. The number of aliphatic carboxylic acids is 1. The molecule has 2 N–H and O–H groups in total. The minimum atomic E-state index is -0.673. The molecule has 0 aromatic heterocycles. The molecule has 0 radical (unpaired) electrons. The molecule has 2 aliphatic rings. The molecule has 2 fully saturated rings. The molecule has 2 saturated carbocycles. The van der Waals surface area contributed by atoms with Crippen molar-refractivity contribution in [2.24, 2.45) is 23.7 Å². The number of ether oxygens (including phenoxy) is 1. The SMILES string of the molecule is CCOC(=O)C1CC1/C=C/c1ccccc1.O=C(O)C1CC1/C=C/c1ccccc1.[Li+].[OH-]. The van der Waals surface area contributed by atoms with Crippen LogP contribution < -0.4 is 18.9 Å². The fourth-order valence-corrected chi connectivity index (χ4v) is 3.26. The number of carboxylic acid groups (broad SMARTS) is 1. The van der Waals surface area contributed by atoms with Gasteiger partial charge in [0.25, 0.3) is 0 Å². The van der Waals surface area contributed by atoms with Gasteiger partial charge >= 0.3 is 30.8 Å². The maximum Gasteiger partial charge on any atom is 1.00 e. The van der Waals surface area contributed by atoms with E-state index in [0.29, 0.717) is 12.5 Å². The van der Waals surface area contributed by atoms with Crippen molar-refractivity contribution in [3.63, 3.8) is 0 Å². The first-order valence-corrected chi connectivity index (χ1v) is 10.4. The first-order chi connectivity index (χ1) is 14.6. The molecule has 32 heavy (non-hydrogen) atoms. The molecule has 0 amide bonds. The van der Waals surface area contributed by atoms with E-state index < -0.39 is 5.97 Å². The fraction of sp³-hybridized carbons (Fsp3) is 0.308. The molecular weight excluding hydrogens is 399 g/mol. The molecule has 4 atom stereocenters. The number of allylic oxidation sites excluding steroid dienone is 2. The summed E-state index contributed by atoms with van der Waals surface area (Å²) < 4.78 is 4.98. The Kier molecular flexibility index (Phi) is 11.8. The smallest absolute Gasteiger partial charge is 0.870 e. The zero-order valence-electron chi connectivity index (χ0n) is 18.6. The van der Waals surface area contributed by atoms with Crippen LogP contribution in [0.25, 0.3) is 12.2 Å². The van der Waals surface area contributed by atoms with Gasteiger partial charge in [-0.25, -0.2) is 0 Å². The zero-order chi connectivity index (χ0) is 21.3. The van der Waals surface area contributed by atoms with Gasteiger partial charge in [0.05, 0.1) is 18.4 Å². The average molecular weight is 428 g/mol. The first-order valence-electron chi connectivity index (χ1n) is 10.4. The standard InChI is InChI=1S/C14H16O2.C12H12O2.Li.H2O/c1-2-16-14(15)13-10-12(13)9-8-11-6-4-3-5-7-11;13-12(14)11-8-10(11)7-6-9-4-2-1-3-5-9;;/h3-9,12-13H,2,10H2,1H3;1-7,10-11H,8H2,(H,13,14);;1H2/q;;+1;/p-1/b9-8+;7-6+;;. The van der Waals surface area contributed by atoms with Crippen molar-refractivity contribution in [3.05, 3.63) is 83.9 Å². The van der Waals surface area contributed by atoms with Crippen molar-refractivity contribution in [1.82, 2.24) is 0 Å². The third-order valence-corrected chi connectivity index (χ3v) is 5.26. The van der Waals surface area contributed by atoms with Gasteiger partial charge in [0, 0.05) is 0 Å². The van der Waals surface area contributed by atoms with E-state index in [2.05, 4.69) is 24.3 Å². The van der Waals surface area contributed by atoms with E-state index in [0.717, 1.165) is 18.4 Å². The Morgan fingerprint density at radius 1 is 0.875 bits per heavy atom. The van der Waals surface area contributed by atoms with Gasteiger partial charge in [-0.2, -0.15) is 0 Å². The molecule has 164 valence electrons.